The highest BCUT2D eigenvalue weighted by Gasteiger charge is 2.19. The molecule has 1 aromatic carbocycles. The quantitative estimate of drug-likeness (QED) is 0.626. The van der Waals surface area contributed by atoms with E-state index in [2.05, 4.69) is 10.4 Å². The minimum Gasteiger partial charge on any atom is -0.481 e. The van der Waals surface area contributed by atoms with Gasteiger partial charge in [0.15, 0.2) is 6.61 Å². The first-order valence-electron chi connectivity index (χ1n) is 9.25. The number of halogens is 1. The molecular formula is C20H20FN5O3S. The van der Waals surface area contributed by atoms with Gasteiger partial charge < -0.3 is 15.8 Å². The lowest BCUT2D eigenvalue weighted by atomic mass is 10.1. The van der Waals surface area contributed by atoms with Gasteiger partial charge in [-0.25, -0.2) is 13.9 Å². The van der Waals surface area contributed by atoms with Crippen molar-refractivity contribution in [1.82, 2.24) is 14.3 Å². The van der Waals surface area contributed by atoms with Gasteiger partial charge in [-0.3, -0.25) is 9.36 Å². The zero-order chi connectivity index (χ0) is 21.3. The number of ether oxygens (including phenoxy) is 1. The van der Waals surface area contributed by atoms with Crippen molar-refractivity contribution in [3.63, 3.8) is 0 Å². The van der Waals surface area contributed by atoms with Crippen molar-refractivity contribution >= 4 is 22.9 Å². The lowest BCUT2D eigenvalue weighted by Crippen LogP contribution is -2.26. The molecule has 0 bridgehead atoms. The second kappa shape index (κ2) is 8.25. The fourth-order valence-electron chi connectivity index (χ4n) is 3.24. The van der Waals surface area contributed by atoms with E-state index in [0.717, 1.165) is 20.9 Å². The van der Waals surface area contributed by atoms with Crippen LogP contribution in [0.3, 0.4) is 0 Å². The molecule has 0 atom stereocenters. The first kappa shape index (κ1) is 20.0. The normalized spacial score (nSPS) is 13.7. The third kappa shape index (κ3) is 3.91. The monoisotopic (exact) mass is 429 g/mol. The highest BCUT2D eigenvalue weighted by Crippen LogP contribution is 2.38. The van der Waals surface area contributed by atoms with Crippen LogP contribution in [0.4, 0.5) is 10.1 Å². The Morgan fingerprint density at radius 2 is 2.23 bits per heavy atom. The molecule has 4 rings (SSSR count). The highest BCUT2D eigenvalue weighted by molar-refractivity contribution is 7.15. The summed E-state index contributed by atoms with van der Waals surface area (Å²) in [5, 5.41) is 6.87. The summed E-state index contributed by atoms with van der Waals surface area (Å²) in [6.07, 6.45) is 1.84. The summed E-state index contributed by atoms with van der Waals surface area (Å²) < 4.78 is 20.9. The molecule has 1 aliphatic rings. The van der Waals surface area contributed by atoms with Crippen LogP contribution in [0.25, 0.3) is 10.4 Å². The number of thiophene rings is 1. The van der Waals surface area contributed by atoms with E-state index in [-0.39, 0.29) is 31.3 Å². The summed E-state index contributed by atoms with van der Waals surface area (Å²) in [5.74, 6) is 0.510. The van der Waals surface area contributed by atoms with Crippen LogP contribution in [-0.2, 0) is 17.9 Å². The van der Waals surface area contributed by atoms with Crippen molar-refractivity contribution in [3.8, 4) is 16.2 Å². The van der Waals surface area contributed by atoms with Crippen LogP contribution in [0.2, 0.25) is 0 Å². The molecule has 1 amide bonds. The molecule has 156 valence electrons. The summed E-state index contributed by atoms with van der Waals surface area (Å²) in [4.78, 5) is 26.1. The van der Waals surface area contributed by atoms with Crippen molar-refractivity contribution < 1.29 is 13.9 Å². The molecular weight excluding hydrogens is 409 g/mol. The van der Waals surface area contributed by atoms with E-state index in [1.54, 1.807) is 11.3 Å². The van der Waals surface area contributed by atoms with Gasteiger partial charge in [0, 0.05) is 16.3 Å². The topological polar surface area (TPSA) is 104 Å². The molecule has 30 heavy (non-hydrogen) atoms. The van der Waals surface area contributed by atoms with Gasteiger partial charge in [-0.15, -0.1) is 11.3 Å². The summed E-state index contributed by atoms with van der Waals surface area (Å²) in [5.41, 5.74) is 7.95. The molecule has 3 aromatic rings. The van der Waals surface area contributed by atoms with E-state index < -0.39 is 0 Å². The number of anilines is 1. The van der Waals surface area contributed by atoms with E-state index in [1.165, 1.54) is 15.6 Å². The van der Waals surface area contributed by atoms with Crippen LogP contribution in [0.1, 0.15) is 10.4 Å². The number of hydrogen-bond donors (Lipinski definition) is 2. The molecule has 3 N–H and O–H groups in total. The van der Waals surface area contributed by atoms with Crippen molar-refractivity contribution in [2.75, 3.05) is 18.5 Å². The Kier molecular flexibility index (Phi) is 5.51. The predicted octanol–water partition coefficient (Wildman–Crippen LogP) is 2.27. The number of rotatable bonds is 6. The summed E-state index contributed by atoms with van der Waals surface area (Å²) >= 11 is 1.54. The number of fused-ring (bicyclic) bond motifs is 1. The molecule has 1 aliphatic heterocycles. The summed E-state index contributed by atoms with van der Waals surface area (Å²) in [6, 6.07) is 7.81. The van der Waals surface area contributed by atoms with Gasteiger partial charge in [0.25, 0.3) is 5.91 Å². The van der Waals surface area contributed by atoms with E-state index in [0.29, 0.717) is 29.9 Å². The van der Waals surface area contributed by atoms with Gasteiger partial charge in [-0.1, -0.05) is 0 Å². The number of amides is 1. The highest BCUT2D eigenvalue weighted by atomic mass is 32.1. The van der Waals surface area contributed by atoms with E-state index >= 15 is 0 Å². The van der Waals surface area contributed by atoms with Crippen LogP contribution in [-0.4, -0.2) is 33.4 Å². The van der Waals surface area contributed by atoms with E-state index in [9.17, 15) is 14.0 Å². The third-order valence-corrected chi connectivity index (χ3v) is 5.85. The number of nitrogens with one attached hydrogen (secondary N) is 1. The summed E-state index contributed by atoms with van der Waals surface area (Å²) in [7, 11) is 0. The number of carbonyl (C=O) groups excluding carboxylic acids is 1. The minimum atomic E-state index is -0.331. The molecule has 0 radical (unpaired) electrons. The standard InChI is InChI=1S/C20H20FN5O3S/c1-12-4-14(5-16-19(12)29-10-18(27)24-16)17-3-2-15(30-17)9-25-11-23-26(20(25)28)8-13(6-21)7-22/h2-6,11H,7-10,22H2,1H3,(H,24,27)/b13-6+. The Balaban J connectivity index is 1.55. The first-order chi connectivity index (χ1) is 14.5. The Bertz CT molecular complexity index is 1190. The fraction of sp³-hybridized carbons (Fsp3) is 0.250. The number of benzene rings is 1. The first-order valence-corrected chi connectivity index (χ1v) is 10.1. The van der Waals surface area contributed by atoms with Crippen LogP contribution < -0.4 is 21.5 Å². The summed E-state index contributed by atoms with van der Waals surface area (Å²) in [6.45, 7) is 2.35. The Morgan fingerprint density at radius 1 is 1.40 bits per heavy atom. The average Bonchev–Trinajstić information content (AvgIpc) is 3.33. The predicted molar refractivity (Wildman–Crippen MR) is 112 cm³/mol. The van der Waals surface area contributed by atoms with Crippen LogP contribution in [0, 0.1) is 6.92 Å². The molecule has 10 heteroatoms. The van der Waals surface area contributed by atoms with Crippen LogP contribution >= 0.6 is 11.3 Å². The SMILES string of the molecule is Cc1cc(-c2ccc(Cn3cnn(C/C(=C/F)CN)c3=O)s2)cc2c1OCC(=O)N2. The maximum atomic E-state index is 12.7. The lowest BCUT2D eigenvalue weighted by Gasteiger charge is -2.20. The van der Waals surface area contributed by atoms with Gasteiger partial charge >= 0.3 is 5.69 Å². The third-order valence-electron chi connectivity index (χ3n) is 4.73. The molecule has 0 fully saturated rings. The molecule has 0 saturated heterocycles. The molecule has 8 nitrogen and oxygen atoms in total. The number of aromatic nitrogens is 3. The van der Waals surface area contributed by atoms with Crippen molar-refractivity contribution in [1.29, 1.82) is 0 Å². The maximum absolute atomic E-state index is 12.7. The number of nitrogens with zero attached hydrogens (tertiary/aromatic N) is 3. The minimum absolute atomic E-state index is 0.0205. The number of aryl methyl sites for hydroxylation is 1. The van der Waals surface area contributed by atoms with E-state index in [1.807, 2.05) is 31.2 Å². The number of carbonyl (C=O) groups is 1. The molecule has 0 saturated carbocycles. The van der Waals surface area contributed by atoms with Crippen LogP contribution in [0.15, 0.2) is 47.3 Å². The second-order valence-corrected chi connectivity index (χ2v) is 8.11. The number of hydrogen-bond acceptors (Lipinski definition) is 6. The lowest BCUT2D eigenvalue weighted by molar-refractivity contribution is -0.118. The Hall–Kier alpha value is -3.24. The van der Waals surface area contributed by atoms with Gasteiger partial charge in [-0.05, 0) is 47.9 Å². The number of nitrogens with two attached hydrogens (primary N) is 1. The molecule has 3 heterocycles. The largest absolute Gasteiger partial charge is 0.481 e. The Morgan fingerprint density at radius 3 is 3.00 bits per heavy atom. The second-order valence-electron chi connectivity index (χ2n) is 6.94. The van der Waals surface area contributed by atoms with Crippen molar-refractivity contribution in [2.45, 2.75) is 20.0 Å². The molecule has 2 aromatic heterocycles. The van der Waals surface area contributed by atoms with Crippen LogP contribution in [0.5, 0.6) is 5.75 Å². The maximum Gasteiger partial charge on any atom is 0.346 e. The molecule has 0 spiro atoms. The van der Waals surface area contributed by atoms with Crippen molar-refractivity contribution in [2.24, 2.45) is 5.73 Å². The molecule has 0 unspecified atom stereocenters. The average molecular weight is 429 g/mol. The zero-order valence-corrected chi connectivity index (χ0v) is 17.0. The molecule has 0 aliphatic carbocycles. The Labute approximate surface area is 175 Å². The van der Waals surface area contributed by atoms with E-state index in [4.69, 9.17) is 10.5 Å². The van der Waals surface area contributed by atoms with Gasteiger partial charge in [-0.2, -0.15) is 5.10 Å². The fourth-order valence-corrected chi connectivity index (χ4v) is 4.23. The smallest absolute Gasteiger partial charge is 0.346 e. The van der Waals surface area contributed by atoms with Gasteiger partial charge in [0.2, 0.25) is 0 Å². The van der Waals surface area contributed by atoms with Gasteiger partial charge in [0.1, 0.15) is 12.1 Å². The van der Waals surface area contributed by atoms with Crippen molar-refractivity contribution in [3.05, 3.63) is 63.4 Å². The van der Waals surface area contributed by atoms with Gasteiger partial charge in [0.05, 0.1) is 25.1 Å². The zero-order valence-electron chi connectivity index (χ0n) is 16.2.